The quantitative estimate of drug-likeness (QED) is 0.759. The average Bonchev–Trinajstić information content (AvgIpc) is 2.05. The maximum atomic E-state index is 9.00. The van der Waals surface area contributed by atoms with Gasteiger partial charge in [0.25, 0.3) is 5.97 Å². The molecule has 0 saturated carbocycles. The van der Waals surface area contributed by atoms with Crippen LogP contribution in [0.5, 0.6) is 0 Å². The van der Waals surface area contributed by atoms with E-state index in [-0.39, 0.29) is 0 Å². The molecular formula is C8H10CdNO2. The molecule has 0 aliphatic carbocycles. The van der Waals surface area contributed by atoms with Gasteiger partial charge in [-0.25, -0.2) is 0 Å². The zero-order valence-electron chi connectivity index (χ0n) is 6.95. The van der Waals surface area contributed by atoms with Crippen LogP contribution >= 0.6 is 0 Å². The molecule has 0 radical (unpaired) electrons. The minimum atomic E-state index is -0.833. The molecule has 3 nitrogen and oxygen atoms in total. The van der Waals surface area contributed by atoms with Crippen molar-refractivity contribution in [3.8, 4) is 0 Å². The number of aliphatic carboxylic acids is 1. The van der Waals surface area contributed by atoms with Gasteiger partial charge in [0.05, 0.1) is 0 Å². The van der Waals surface area contributed by atoms with Gasteiger partial charge in [0.2, 0.25) is 0 Å². The molecule has 0 aliphatic rings. The topological polar surface area (TPSA) is 49.3 Å². The monoisotopic (exact) mass is 266 g/mol. The molecule has 1 rings (SSSR count). The second-order valence-electron chi connectivity index (χ2n) is 2.06. The van der Waals surface area contributed by atoms with Crippen molar-refractivity contribution in [2.24, 2.45) is 0 Å². The zero-order chi connectivity index (χ0) is 9.40. The van der Waals surface area contributed by atoms with E-state index in [1.165, 1.54) is 5.69 Å². The number of para-hydroxylation sites is 1. The van der Waals surface area contributed by atoms with Gasteiger partial charge in [-0.2, -0.15) is 0 Å². The Labute approximate surface area is 87.9 Å². The van der Waals surface area contributed by atoms with Crippen LogP contribution in [0.25, 0.3) is 0 Å². The molecule has 0 spiro atoms. The van der Waals surface area contributed by atoms with E-state index in [0.717, 1.165) is 33.0 Å². The van der Waals surface area contributed by atoms with Crippen LogP contribution in [0.15, 0.2) is 30.3 Å². The molecule has 0 heterocycles. The predicted molar refractivity (Wildman–Crippen MR) is 43.4 cm³/mol. The van der Waals surface area contributed by atoms with Crippen molar-refractivity contribution in [3.63, 3.8) is 0 Å². The van der Waals surface area contributed by atoms with E-state index >= 15 is 0 Å². The van der Waals surface area contributed by atoms with Crippen molar-refractivity contribution in [3.05, 3.63) is 30.3 Å². The van der Waals surface area contributed by atoms with Gasteiger partial charge in [0.1, 0.15) is 0 Å². The molecule has 2 N–H and O–H groups in total. The SMILES string of the molecule is CC(=O)O.[Cd][NH]c1ccccc1. The van der Waals surface area contributed by atoms with Gasteiger partial charge in [-0.1, -0.05) is 0 Å². The van der Waals surface area contributed by atoms with Gasteiger partial charge in [0, 0.05) is 6.92 Å². The standard InChI is InChI=1S/C6H6N.C2H4O2.Cd/c7-6-4-2-1-3-5-6;1-2(3)4;/h1-5,7H;1H3,(H,3,4);/q-1;;+1. The number of hydrogen-bond acceptors (Lipinski definition) is 2. The third kappa shape index (κ3) is 7.52. The molecule has 12 heavy (non-hydrogen) atoms. The normalized spacial score (nSPS) is 7.92. The summed E-state index contributed by atoms with van der Waals surface area (Å²) < 4.78 is 3.20. The Kier molecular flexibility index (Phi) is 6.74. The molecule has 61 valence electrons. The van der Waals surface area contributed by atoms with Crippen molar-refractivity contribution < 1.29 is 36.0 Å². The van der Waals surface area contributed by atoms with Crippen molar-refractivity contribution in [1.29, 1.82) is 0 Å². The summed E-state index contributed by atoms with van der Waals surface area (Å²) in [6.07, 6.45) is 0. The first-order valence-electron chi connectivity index (χ1n) is 3.44. The fourth-order valence-corrected chi connectivity index (χ4v) is 1.23. The van der Waals surface area contributed by atoms with Crippen molar-refractivity contribution in [2.45, 2.75) is 6.92 Å². The third-order valence-electron chi connectivity index (χ3n) is 0.978. The Morgan fingerprint density at radius 2 is 1.83 bits per heavy atom. The number of benzene rings is 1. The third-order valence-corrected chi connectivity index (χ3v) is 2.14. The number of anilines is 1. The van der Waals surface area contributed by atoms with E-state index in [1.807, 2.05) is 18.2 Å². The van der Waals surface area contributed by atoms with Gasteiger partial charge in [-0.05, 0) is 0 Å². The summed E-state index contributed by atoms with van der Waals surface area (Å²) in [6, 6.07) is 10.2. The number of carboxylic acid groups (broad SMARTS) is 1. The van der Waals surface area contributed by atoms with Crippen molar-refractivity contribution in [2.75, 3.05) is 3.13 Å². The molecule has 0 unspecified atom stereocenters. The first-order chi connectivity index (χ1) is 5.66. The first kappa shape index (κ1) is 11.4. The molecule has 1 aromatic rings. The molecule has 1 aromatic carbocycles. The van der Waals surface area contributed by atoms with Crippen LogP contribution in [-0.4, -0.2) is 11.1 Å². The van der Waals surface area contributed by atoms with E-state index < -0.39 is 5.97 Å². The van der Waals surface area contributed by atoms with E-state index in [4.69, 9.17) is 9.90 Å². The molecule has 0 fully saturated rings. The second-order valence-corrected chi connectivity index (χ2v) is 3.07. The minimum absolute atomic E-state index is 0.828. The van der Waals surface area contributed by atoms with E-state index in [1.54, 1.807) is 0 Å². The summed E-state index contributed by atoms with van der Waals surface area (Å²) in [5, 5.41) is 7.42. The Balaban J connectivity index is 0.000000261. The number of hydrogen-bond donors (Lipinski definition) is 2. The van der Waals surface area contributed by atoms with Gasteiger partial charge in [-0.3, -0.25) is 4.79 Å². The van der Waals surface area contributed by atoms with Crippen LogP contribution in [-0.2, 0) is 30.9 Å². The summed E-state index contributed by atoms with van der Waals surface area (Å²) in [4.78, 5) is 9.00. The van der Waals surface area contributed by atoms with Gasteiger partial charge < -0.3 is 5.11 Å². The molecular weight excluding hydrogens is 255 g/mol. The first-order valence-corrected chi connectivity index (χ1v) is 5.46. The van der Waals surface area contributed by atoms with Crippen molar-refractivity contribution >= 4 is 11.7 Å². The number of carbonyl (C=O) groups is 1. The molecule has 0 atom stereocenters. The summed E-state index contributed by atoms with van der Waals surface area (Å²) in [6.45, 7) is 1.08. The second kappa shape index (κ2) is 7.08. The summed E-state index contributed by atoms with van der Waals surface area (Å²) in [5.41, 5.74) is 1.24. The summed E-state index contributed by atoms with van der Waals surface area (Å²) in [7, 11) is 0. The molecule has 4 heteroatoms. The summed E-state index contributed by atoms with van der Waals surface area (Å²) in [5.74, 6) is -0.833. The molecule has 0 aromatic heterocycles. The predicted octanol–water partition coefficient (Wildman–Crippen LogP) is 1.65. The van der Waals surface area contributed by atoms with Crippen LogP contribution in [0.3, 0.4) is 0 Å². The fraction of sp³-hybridized carbons (Fsp3) is 0.125. The van der Waals surface area contributed by atoms with Gasteiger partial charge in [-0.15, -0.1) is 0 Å². The Morgan fingerprint density at radius 1 is 1.42 bits per heavy atom. The van der Waals surface area contributed by atoms with Crippen LogP contribution in [0, 0.1) is 0 Å². The van der Waals surface area contributed by atoms with Crippen LogP contribution in [0.2, 0.25) is 0 Å². The molecule has 0 aliphatic heterocycles. The van der Waals surface area contributed by atoms with E-state index in [0.29, 0.717) is 0 Å². The Hall–Kier alpha value is -0.588. The zero-order valence-corrected chi connectivity index (χ0v) is 11.0. The molecule has 0 saturated heterocycles. The molecule has 0 amide bonds. The number of nitrogens with one attached hydrogen (secondary N) is 1. The van der Waals surface area contributed by atoms with E-state index in [2.05, 4.69) is 15.3 Å². The van der Waals surface area contributed by atoms with E-state index in [9.17, 15) is 0 Å². The Bertz CT molecular complexity index is 222. The molecule has 0 bridgehead atoms. The van der Waals surface area contributed by atoms with Crippen molar-refractivity contribution in [1.82, 2.24) is 0 Å². The van der Waals surface area contributed by atoms with Gasteiger partial charge >= 0.3 is 65.2 Å². The van der Waals surface area contributed by atoms with Gasteiger partial charge in [0.15, 0.2) is 0 Å². The fourth-order valence-electron chi connectivity index (χ4n) is 0.556. The van der Waals surface area contributed by atoms with Crippen LogP contribution in [0.1, 0.15) is 6.92 Å². The number of carboxylic acids is 1. The summed E-state index contributed by atoms with van der Waals surface area (Å²) >= 11 is 0.828. The average molecular weight is 265 g/mol. The Morgan fingerprint density at radius 3 is 2.08 bits per heavy atom. The van der Waals surface area contributed by atoms with Crippen LogP contribution in [0.4, 0.5) is 5.69 Å². The number of rotatable bonds is 1. The van der Waals surface area contributed by atoms with Crippen LogP contribution < -0.4 is 3.13 Å². The maximum absolute atomic E-state index is 9.00.